The highest BCUT2D eigenvalue weighted by Crippen LogP contribution is 2.32. The molecule has 0 saturated carbocycles. The zero-order valence-electron chi connectivity index (χ0n) is 9.17. The quantitative estimate of drug-likeness (QED) is 0.801. The molecule has 1 unspecified atom stereocenters. The third-order valence-corrected chi connectivity index (χ3v) is 2.29. The minimum absolute atomic E-state index is 0.0463. The van der Waals surface area contributed by atoms with E-state index in [0.717, 1.165) is 0 Å². The van der Waals surface area contributed by atoms with Crippen molar-refractivity contribution in [3.63, 3.8) is 0 Å². The fraction of sp³-hybridized carbons (Fsp3) is 0.455. The highest BCUT2D eigenvalue weighted by atomic mass is 19.1. The molecule has 0 amide bonds. The molecule has 0 saturated heterocycles. The third-order valence-electron chi connectivity index (χ3n) is 2.29. The van der Waals surface area contributed by atoms with Crippen molar-refractivity contribution in [1.82, 2.24) is 5.32 Å². The average Bonchev–Trinajstić information content (AvgIpc) is 2.17. The maximum atomic E-state index is 14.0. The summed E-state index contributed by atoms with van der Waals surface area (Å²) in [5.41, 5.74) is -1.08. The van der Waals surface area contributed by atoms with Gasteiger partial charge in [0, 0.05) is 6.54 Å². The summed E-state index contributed by atoms with van der Waals surface area (Å²) in [6.45, 7) is 1.66. The van der Waals surface area contributed by atoms with Crippen LogP contribution in [0.3, 0.4) is 0 Å². The molecular formula is C11H16FNO2. The number of benzene rings is 1. The lowest BCUT2D eigenvalue weighted by Crippen LogP contribution is -2.29. The molecule has 0 aromatic heterocycles. The molecule has 1 aromatic rings. The number of hydrogen-bond acceptors (Lipinski definition) is 3. The Morgan fingerprint density at radius 3 is 2.67 bits per heavy atom. The summed E-state index contributed by atoms with van der Waals surface area (Å²) in [4.78, 5) is 0. The molecule has 1 atom stereocenters. The molecule has 0 fully saturated rings. The summed E-state index contributed by atoms with van der Waals surface area (Å²) >= 11 is 0. The van der Waals surface area contributed by atoms with E-state index in [4.69, 9.17) is 4.74 Å². The monoisotopic (exact) mass is 213 g/mol. The Labute approximate surface area is 88.9 Å². The van der Waals surface area contributed by atoms with Gasteiger partial charge in [0.2, 0.25) is 0 Å². The topological polar surface area (TPSA) is 41.5 Å². The van der Waals surface area contributed by atoms with Gasteiger partial charge in [-0.1, -0.05) is 6.07 Å². The van der Waals surface area contributed by atoms with Crippen molar-refractivity contribution in [3.05, 3.63) is 23.8 Å². The second-order valence-electron chi connectivity index (χ2n) is 3.61. The van der Waals surface area contributed by atoms with Crippen molar-refractivity contribution in [2.24, 2.45) is 0 Å². The van der Waals surface area contributed by atoms with Gasteiger partial charge in [0.15, 0.2) is 11.5 Å². The number of hydrogen-bond donors (Lipinski definition) is 2. The van der Waals surface area contributed by atoms with Crippen molar-refractivity contribution in [3.8, 4) is 11.5 Å². The first-order chi connectivity index (χ1) is 7.01. The summed E-state index contributed by atoms with van der Waals surface area (Å²) in [7, 11) is 3.14. The second kappa shape index (κ2) is 4.49. The molecular weight excluding hydrogens is 197 g/mol. The molecule has 84 valence electrons. The number of nitrogens with one attached hydrogen (secondary N) is 1. The van der Waals surface area contributed by atoms with Gasteiger partial charge in [-0.3, -0.25) is 0 Å². The van der Waals surface area contributed by atoms with Crippen LogP contribution < -0.4 is 10.1 Å². The van der Waals surface area contributed by atoms with Gasteiger partial charge in [0.05, 0.1) is 7.11 Å². The number of alkyl halides is 1. The predicted octanol–water partition coefficient (Wildman–Crippen LogP) is 1.80. The number of ether oxygens (including phenoxy) is 1. The molecule has 0 aliphatic carbocycles. The van der Waals surface area contributed by atoms with Crippen LogP contribution in [0.25, 0.3) is 0 Å². The van der Waals surface area contributed by atoms with Crippen LogP contribution in [-0.4, -0.2) is 25.8 Å². The van der Waals surface area contributed by atoms with Crippen LogP contribution in [0, 0.1) is 0 Å². The molecule has 1 rings (SSSR count). The Bertz CT molecular complexity index is 339. The summed E-state index contributed by atoms with van der Waals surface area (Å²) in [5.74, 6) is 0.300. The number of methoxy groups -OCH3 is 1. The molecule has 0 bridgehead atoms. The fourth-order valence-corrected chi connectivity index (χ4v) is 1.45. The highest BCUT2D eigenvalue weighted by molar-refractivity contribution is 5.43. The van der Waals surface area contributed by atoms with E-state index in [1.807, 2.05) is 0 Å². The number of phenols is 1. The van der Waals surface area contributed by atoms with Gasteiger partial charge in [-0.25, -0.2) is 4.39 Å². The van der Waals surface area contributed by atoms with Crippen LogP contribution in [0.4, 0.5) is 4.39 Å². The smallest absolute Gasteiger partial charge is 0.160 e. The van der Waals surface area contributed by atoms with E-state index in [2.05, 4.69) is 5.32 Å². The number of aromatic hydroxyl groups is 1. The maximum Gasteiger partial charge on any atom is 0.160 e. The normalized spacial score (nSPS) is 14.7. The predicted molar refractivity (Wildman–Crippen MR) is 57.0 cm³/mol. The van der Waals surface area contributed by atoms with Crippen molar-refractivity contribution in [2.75, 3.05) is 20.7 Å². The van der Waals surface area contributed by atoms with Gasteiger partial charge >= 0.3 is 0 Å². The van der Waals surface area contributed by atoms with Crippen molar-refractivity contribution >= 4 is 0 Å². The highest BCUT2D eigenvalue weighted by Gasteiger charge is 2.25. The third kappa shape index (κ3) is 2.59. The standard InChI is InChI=1S/C11H16FNO2/c1-11(12,7-13-2)8-4-5-10(15-3)9(14)6-8/h4-6,13-14H,7H2,1-3H3. The van der Waals surface area contributed by atoms with Crippen LogP contribution in [-0.2, 0) is 5.67 Å². The first-order valence-electron chi connectivity index (χ1n) is 4.72. The molecule has 2 N–H and O–H groups in total. The van der Waals surface area contributed by atoms with E-state index in [0.29, 0.717) is 11.3 Å². The van der Waals surface area contributed by atoms with E-state index >= 15 is 0 Å². The molecule has 3 nitrogen and oxygen atoms in total. The lowest BCUT2D eigenvalue weighted by Gasteiger charge is -2.21. The van der Waals surface area contributed by atoms with Gasteiger partial charge in [-0.05, 0) is 31.7 Å². The van der Waals surface area contributed by atoms with Crippen LogP contribution in [0.15, 0.2) is 18.2 Å². The van der Waals surface area contributed by atoms with E-state index in [9.17, 15) is 9.50 Å². The minimum atomic E-state index is -1.50. The lowest BCUT2D eigenvalue weighted by molar-refractivity contribution is 0.190. The van der Waals surface area contributed by atoms with Crippen LogP contribution in [0.2, 0.25) is 0 Å². The van der Waals surface area contributed by atoms with E-state index in [1.165, 1.54) is 20.1 Å². The number of likely N-dealkylation sites (N-methyl/N-ethyl adjacent to an activating group) is 1. The van der Waals surface area contributed by atoms with E-state index in [-0.39, 0.29) is 12.3 Å². The molecule has 1 aromatic carbocycles. The average molecular weight is 213 g/mol. The van der Waals surface area contributed by atoms with Crippen LogP contribution in [0.5, 0.6) is 11.5 Å². The Balaban J connectivity index is 3.01. The summed E-state index contributed by atoms with van der Waals surface area (Å²) in [6.07, 6.45) is 0. The molecule has 0 radical (unpaired) electrons. The van der Waals surface area contributed by atoms with E-state index in [1.54, 1.807) is 19.2 Å². The number of halogens is 1. The van der Waals surface area contributed by atoms with Crippen LogP contribution in [0.1, 0.15) is 12.5 Å². The second-order valence-corrected chi connectivity index (χ2v) is 3.61. The van der Waals surface area contributed by atoms with Gasteiger partial charge in [0.25, 0.3) is 0 Å². The van der Waals surface area contributed by atoms with Crippen molar-refractivity contribution < 1.29 is 14.2 Å². The zero-order chi connectivity index (χ0) is 11.5. The number of phenolic OH excluding ortho intramolecular Hbond substituents is 1. The molecule has 0 aliphatic rings. The van der Waals surface area contributed by atoms with Gasteiger partial charge in [-0.2, -0.15) is 0 Å². The van der Waals surface area contributed by atoms with Crippen LogP contribution >= 0.6 is 0 Å². The summed E-state index contributed by atoms with van der Waals surface area (Å²) in [5, 5.41) is 12.3. The molecule has 15 heavy (non-hydrogen) atoms. The van der Waals surface area contributed by atoms with Crippen molar-refractivity contribution in [1.29, 1.82) is 0 Å². The maximum absolute atomic E-state index is 14.0. The van der Waals surface area contributed by atoms with E-state index < -0.39 is 5.67 Å². The lowest BCUT2D eigenvalue weighted by atomic mass is 9.97. The number of rotatable bonds is 4. The first kappa shape index (κ1) is 11.8. The SMILES string of the molecule is CNCC(C)(F)c1ccc(OC)c(O)c1. The van der Waals surface area contributed by atoms with Gasteiger partial charge < -0.3 is 15.2 Å². The molecule has 4 heteroatoms. The minimum Gasteiger partial charge on any atom is -0.504 e. The fourth-order valence-electron chi connectivity index (χ4n) is 1.45. The van der Waals surface area contributed by atoms with Crippen molar-refractivity contribution in [2.45, 2.75) is 12.6 Å². The summed E-state index contributed by atoms with van der Waals surface area (Å²) in [6, 6.07) is 4.55. The summed E-state index contributed by atoms with van der Waals surface area (Å²) < 4.78 is 18.9. The first-order valence-corrected chi connectivity index (χ1v) is 4.72. The largest absolute Gasteiger partial charge is 0.504 e. The molecule has 0 spiro atoms. The molecule has 0 aliphatic heterocycles. The Hall–Kier alpha value is -1.29. The Morgan fingerprint density at radius 1 is 1.53 bits per heavy atom. The Kier molecular flexibility index (Phi) is 3.52. The van der Waals surface area contributed by atoms with Gasteiger partial charge in [-0.15, -0.1) is 0 Å². The van der Waals surface area contributed by atoms with Gasteiger partial charge in [0.1, 0.15) is 5.67 Å². The zero-order valence-corrected chi connectivity index (χ0v) is 9.17. The Morgan fingerprint density at radius 2 is 2.20 bits per heavy atom. The molecule has 0 heterocycles.